The maximum Gasteiger partial charge on any atom is 0.236 e. The van der Waals surface area contributed by atoms with Crippen LogP contribution in [0.2, 0.25) is 0 Å². The van der Waals surface area contributed by atoms with Crippen molar-refractivity contribution in [1.82, 2.24) is 20.0 Å². The summed E-state index contributed by atoms with van der Waals surface area (Å²) in [5.41, 5.74) is -0.720. The summed E-state index contributed by atoms with van der Waals surface area (Å²) in [4.78, 5) is 23.9. The average molecular weight is 524 g/mol. The van der Waals surface area contributed by atoms with Crippen LogP contribution in [-0.4, -0.2) is 96.2 Å². The number of amides is 1. The molecule has 0 radical (unpaired) electrons. The molecule has 2 heterocycles. The molecule has 2 N–H and O–H groups in total. The lowest BCUT2D eigenvalue weighted by molar-refractivity contribution is -0.132. The van der Waals surface area contributed by atoms with Crippen molar-refractivity contribution in [1.29, 1.82) is 0 Å². The monoisotopic (exact) mass is 523 g/mol. The quantitative estimate of drug-likeness (QED) is 0.304. The molecule has 8 heteroatoms. The molecular weight excluding hydrogens is 481 g/mol. The Morgan fingerprint density at radius 1 is 0.931 bits per heavy atom. The number of carbonyl (C=O) groups excluding carboxylic acids is 1. The molecule has 0 aromatic carbocycles. The predicted octanol–water partition coefficient (Wildman–Crippen LogP) is 2.14. The number of hydrogen-bond donors (Lipinski definition) is 2. The van der Waals surface area contributed by atoms with E-state index in [4.69, 9.17) is 4.99 Å². The Kier molecular flexibility index (Phi) is 12.4. The van der Waals surface area contributed by atoms with Crippen LogP contribution in [0, 0.1) is 0 Å². The van der Waals surface area contributed by atoms with Crippen molar-refractivity contribution in [2.24, 2.45) is 4.99 Å². The molecule has 0 saturated carbocycles. The first-order valence-electron chi connectivity index (χ1n) is 11.3. The summed E-state index contributed by atoms with van der Waals surface area (Å²) < 4.78 is 0. The zero-order valence-corrected chi connectivity index (χ0v) is 21.0. The molecular formula is C21H42IN5O2. The van der Waals surface area contributed by atoms with Gasteiger partial charge in [0.25, 0.3) is 0 Å². The van der Waals surface area contributed by atoms with Crippen LogP contribution in [0.1, 0.15) is 59.3 Å². The molecule has 0 aromatic heterocycles. The topological polar surface area (TPSA) is 71.4 Å². The molecule has 170 valence electrons. The van der Waals surface area contributed by atoms with Gasteiger partial charge in [-0.3, -0.25) is 14.7 Å². The average Bonchev–Trinajstić information content (AvgIpc) is 3.01. The minimum atomic E-state index is -0.720. The summed E-state index contributed by atoms with van der Waals surface area (Å²) in [5, 5.41) is 13.9. The molecule has 2 rings (SSSR count). The van der Waals surface area contributed by atoms with Crippen molar-refractivity contribution < 1.29 is 9.90 Å². The standard InChI is InChI=1S/C21H41N5O2.HI/c1-4-21(28,5-2)18-23-20(22-6-3)26-15-13-24(14-16-26)17-19(27)25-11-9-7-8-10-12-25;/h28H,4-18H2,1-3H3,(H,22,23);1H. The molecule has 0 bridgehead atoms. The van der Waals surface area contributed by atoms with Crippen LogP contribution >= 0.6 is 24.0 Å². The van der Waals surface area contributed by atoms with Gasteiger partial charge in [-0.2, -0.15) is 0 Å². The first-order chi connectivity index (χ1) is 13.5. The molecule has 0 unspecified atom stereocenters. The molecule has 1 amide bonds. The minimum absolute atomic E-state index is 0. The lowest BCUT2D eigenvalue weighted by Gasteiger charge is -2.37. The van der Waals surface area contributed by atoms with Gasteiger partial charge in [0.1, 0.15) is 0 Å². The van der Waals surface area contributed by atoms with Crippen LogP contribution in [0.3, 0.4) is 0 Å². The van der Waals surface area contributed by atoms with Crippen molar-refractivity contribution in [3.8, 4) is 0 Å². The Morgan fingerprint density at radius 3 is 2.03 bits per heavy atom. The smallest absolute Gasteiger partial charge is 0.236 e. The van der Waals surface area contributed by atoms with E-state index >= 15 is 0 Å². The highest BCUT2D eigenvalue weighted by Crippen LogP contribution is 2.15. The third-order valence-electron chi connectivity index (χ3n) is 6.16. The van der Waals surface area contributed by atoms with Crippen LogP contribution in [0.15, 0.2) is 4.99 Å². The van der Waals surface area contributed by atoms with E-state index in [1.54, 1.807) is 0 Å². The van der Waals surface area contributed by atoms with Gasteiger partial charge in [0.15, 0.2) is 5.96 Å². The van der Waals surface area contributed by atoms with Gasteiger partial charge in [-0.05, 0) is 32.6 Å². The summed E-state index contributed by atoms with van der Waals surface area (Å²) in [6.45, 7) is 13.2. The normalized spacial score (nSPS) is 19.5. The molecule has 0 aliphatic carbocycles. The number of hydrogen-bond acceptors (Lipinski definition) is 4. The SMILES string of the molecule is CCNC(=NCC(O)(CC)CC)N1CCN(CC(=O)N2CCCCCC2)CC1.I. The van der Waals surface area contributed by atoms with E-state index in [1.165, 1.54) is 12.8 Å². The number of halogens is 1. The van der Waals surface area contributed by atoms with E-state index in [-0.39, 0.29) is 29.9 Å². The number of guanidine groups is 1. The summed E-state index contributed by atoms with van der Waals surface area (Å²) >= 11 is 0. The second-order valence-electron chi connectivity index (χ2n) is 8.16. The van der Waals surface area contributed by atoms with Gasteiger partial charge in [-0.15, -0.1) is 24.0 Å². The molecule has 29 heavy (non-hydrogen) atoms. The van der Waals surface area contributed by atoms with Gasteiger partial charge < -0.3 is 20.2 Å². The number of likely N-dealkylation sites (tertiary alicyclic amines) is 1. The second-order valence-corrected chi connectivity index (χ2v) is 8.16. The van der Waals surface area contributed by atoms with Crippen molar-refractivity contribution in [3.63, 3.8) is 0 Å². The fourth-order valence-electron chi connectivity index (χ4n) is 3.85. The van der Waals surface area contributed by atoms with Gasteiger partial charge in [-0.1, -0.05) is 26.7 Å². The summed E-state index contributed by atoms with van der Waals surface area (Å²) in [7, 11) is 0. The van der Waals surface area contributed by atoms with E-state index in [1.807, 2.05) is 13.8 Å². The van der Waals surface area contributed by atoms with E-state index in [9.17, 15) is 9.90 Å². The van der Waals surface area contributed by atoms with Crippen LogP contribution in [0.5, 0.6) is 0 Å². The molecule has 2 aliphatic heterocycles. The Labute approximate surface area is 194 Å². The van der Waals surface area contributed by atoms with Gasteiger partial charge in [0.05, 0.1) is 18.7 Å². The molecule has 2 fully saturated rings. The number of rotatable bonds is 7. The summed E-state index contributed by atoms with van der Waals surface area (Å²) in [6.07, 6.45) is 6.20. The maximum atomic E-state index is 12.6. The number of piperazine rings is 1. The van der Waals surface area contributed by atoms with Crippen molar-refractivity contribution >= 4 is 35.8 Å². The van der Waals surface area contributed by atoms with Gasteiger partial charge in [0.2, 0.25) is 5.91 Å². The van der Waals surface area contributed by atoms with E-state index in [0.29, 0.717) is 25.9 Å². The Morgan fingerprint density at radius 2 is 1.52 bits per heavy atom. The van der Waals surface area contributed by atoms with Crippen LogP contribution in [0.4, 0.5) is 0 Å². The molecule has 0 atom stereocenters. The number of aliphatic hydroxyl groups is 1. The fraction of sp³-hybridized carbons (Fsp3) is 0.905. The fourth-order valence-corrected chi connectivity index (χ4v) is 3.85. The highest BCUT2D eigenvalue weighted by Gasteiger charge is 2.25. The third kappa shape index (κ3) is 8.57. The zero-order valence-electron chi connectivity index (χ0n) is 18.7. The molecule has 2 aliphatic rings. The molecule has 0 aromatic rings. The van der Waals surface area contributed by atoms with Crippen LogP contribution < -0.4 is 5.32 Å². The highest BCUT2D eigenvalue weighted by molar-refractivity contribution is 14.0. The minimum Gasteiger partial charge on any atom is -0.388 e. The zero-order chi connectivity index (χ0) is 20.4. The Hall–Kier alpha value is -0.610. The van der Waals surface area contributed by atoms with Crippen LogP contribution in [-0.2, 0) is 4.79 Å². The first kappa shape index (κ1) is 26.4. The second kappa shape index (κ2) is 13.6. The number of nitrogens with zero attached hydrogens (tertiary/aromatic N) is 4. The van der Waals surface area contributed by atoms with Crippen molar-refractivity contribution in [2.45, 2.75) is 64.9 Å². The molecule has 2 saturated heterocycles. The highest BCUT2D eigenvalue weighted by atomic mass is 127. The number of nitrogens with one attached hydrogen (secondary N) is 1. The van der Waals surface area contributed by atoms with E-state index in [2.05, 4.69) is 26.9 Å². The van der Waals surface area contributed by atoms with Crippen molar-refractivity contribution in [2.75, 3.05) is 58.9 Å². The lowest BCUT2D eigenvalue weighted by Crippen LogP contribution is -2.54. The summed E-state index contributed by atoms with van der Waals surface area (Å²) in [6, 6.07) is 0. The third-order valence-corrected chi connectivity index (χ3v) is 6.16. The van der Waals surface area contributed by atoms with Crippen molar-refractivity contribution in [3.05, 3.63) is 0 Å². The van der Waals surface area contributed by atoms with E-state index < -0.39 is 5.60 Å². The lowest BCUT2D eigenvalue weighted by atomic mass is 9.98. The van der Waals surface area contributed by atoms with Crippen LogP contribution in [0.25, 0.3) is 0 Å². The number of aliphatic imine (C=N–C) groups is 1. The van der Waals surface area contributed by atoms with Gasteiger partial charge in [-0.25, -0.2) is 0 Å². The van der Waals surface area contributed by atoms with Gasteiger partial charge in [0, 0.05) is 45.8 Å². The predicted molar refractivity (Wildman–Crippen MR) is 130 cm³/mol. The summed E-state index contributed by atoms with van der Waals surface area (Å²) in [5.74, 6) is 1.16. The first-order valence-corrected chi connectivity index (χ1v) is 11.3. The largest absolute Gasteiger partial charge is 0.388 e. The Balaban J connectivity index is 0.00000420. The van der Waals surface area contributed by atoms with E-state index in [0.717, 1.165) is 64.6 Å². The number of carbonyl (C=O) groups is 1. The molecule has 7 nitrogen and oxygen atoms in total. The Bertz CT molecular complexity index is 497. The molecule has 0 spiro atoms. The maximum absolute atomic E-state index is 12.6. The van der Waals surface area contributed by atoms with Gasteiger partial charge >= 0.3 is 0 Å².